The minimum absolute atomic E-state index is 0.110. The topological polar surface area (TPSA) is 69.7 Å². The predicted octanol–water partition coefficient (Wildman–Crippen LogP) is 5.48. The van der Waals surface area contributed by atoms with Crippen molar-refractivity contribution < 1.29 is 30.8 Å². The highest BCUT2D eigenvalue weighted by atomic mass is 32.2. The molecule has 0 bridgehead atoms. The van der Waals surface area contributed by atoms with Gasteiger partial charge in [0.1, 0.15) is 5.82 Å². The van der Waals surface area contributed by atoms with Crippen molar-refractivity contribution in [1.29, 1.82) is 0 Å². The molecule has 1 fully saturated rings. The minimum atomic E-state index is -4.43. The second kappa shape index (κ2) is 9.57. The predicted molar refractivity (Wildman–Crippen MR) is 123 cm³/mol. The van der Waals surface area contributed by atoms with E-state index in [4.69, 9.17) is 0 Å². The van der Waals surface area contributed by atoms with Gasteiger partial charge >= 0.3 is 12.2 Å². The molecule has 0 aromatic heterocycles. The van der Waals surface area contributed by atoms with Crippen LogP contribution in [0.1, 0.15) is 17.5 Å². The first kappa shape index (κ1) is 24.5. The van der Waals surface area contributed by atoms with Crippen LogP contribution in [0.2, 0.25) is 0 Å². The molecule has 1 heterocycles. The van der Waals surface area contributed by atoms with Crippen LogP contribution in [0.5, 0.6) is 0 Å². The Bertz CT molecular complexity index is 1310. The number of halogens is 4. The van der Waals surface area contributed by atoms with Gasteiger partial charge in [-0.2, -0.15) is 13.2 Å². The summed E-state index contributed by atoms with van der Waals surface area (Å²) in [5, 5.41) is 0. The number of nitrogens with zero attached hydrogens (tertiary/aromatic N) is 2. The Labute approximate surface area is 199 Å². The maximum atomic E-state index is 13.1. The van der Waals surface area contributed by atoms with Gasteiger partial charge < -0.3 is 4.90 Å². The largest absolute Gasteiger partial charge is 0.416 e. The van der Waals surface area contributed by atoms with Gasteiger partial charge in [-0.15, -0.1) is 0 Å². The summed E-state index contributed by atoms with van der Waals surface area (Å²) in [6.07, 6.45) is -3.81. The summed E-state index contributed by atoms with van der Waals surface area (Å²) in [5.41, 5.74) is 0.493. The van der Waals surface area contributed by atoms with Crippen molar-refractivity contribution in [2.24, 2.45) is 0 Å². The van der Waals surface area contributed by atoms with Gasteiger partial charge in [-0.05, 0) is 66.6 Å². The van der Waals surface area contributed by atoms with Crippen LogP contribution >= 0.6 is 0 Å². The van der Waals surface area contributed by atoms with Crippen LogP contribution in [-0.2, 0) is 22.7 Å². The van der Waals surface area contributed by atoms with Gasteiger partial charge in [0.2, 0.25) is 0 Å². The molecule has 3 aromatic rings. The molecule has 1 aliphatic heterocycles. The summed E-state index contributed by atoms with van der Waals surface area (Å²) < 4.78 is 79.2. The summed E-state index contributed by atoms with van der Waals surface area (Å²) in [5.74, 6) is -0.560. The lowest BCUT2D eigenvalue weighted by atomic mass is 10.1. The molecule has 2 amide bonds. The van der Waals surface area contributed by atoms with E-state index in [2.05, 4.69) is 4.72 Å². The molecule has 0 aliphatic carbocycles. The highest BCUT2D eigenvalue weighted by molar-refractivity contribution is 7.92. The average Bonchev–Trinajstić information content (AvgIpc) is 2.80. The average molecular weight is 508 g/mol. The lowest BCUT2D eigenvalue weighted by Crippen LogP contribution is -2.49. The molecule has 184 valence electrons. The summed E-state index contributed by atoms with van der Waals surface area (Å²) in [6, 6.07) is 15.0. The third-order valence-corrected chi connectivity index (χ3v) is 6.90. The Morgan fingerprint density at radius 2 is 1.60 bits per heavy atom. The van der Waals surface area contributed by atoms with Crippen molar-refractivity contribution in [1.82, 2.24) is 4.90 Å². The summed E-state index contributed by atoms with van der Waals surface area (Å²) >= 11 is 0. The number of hydrogen-bond acceptors (Lipinski definition) is 3. The third kappa shape index (κ3) is 5.73. The number of hydrogen-bond donors (Lipinski definition) is 1. The van der Waals surface area contributed by atoms with E-state index in [0.717, 1.165) is 36.4 Å². The van der Waals surface area contributed by atoms with E-state index in [1.165, 1.54) is 34.1 Å². The molecule has 35 heavy (non-hydrogen) atoms. The minimum Gasteiger partial charge on any atom is -0.320 e. The fourth-order valence-corrected chi connectivity index (χ4v) is 4.80. The van der Waals surface area contributed by atoms with E-state index in [-0.39, 0.29) is 23.2 Å². The van der Waals surface area contributed by atoms with Crippen molar-refractivity contribution in [2.75, 3.05) is 22.7 Å². The zero-order valence-corrected chi connectivity index (χ0v) is 19.1. The van der Waals surface area contributed by atoms with Crippen LogP contribution in [0.15, 0.2) is 77.7 Å². The SMILES string of the molecule is O=C1N(Cc2ccc(C(F)(F)F)cc2)CCCN1c1cccc(NS(=O)(=O)c2ccc(F)cc2)c1. The third-order valence-electron chi connectivity index (χ3n) is 5.50. The fraction of sp³-hybridized carbons (Fsp3) is 0.208. The van der Waals surface area contributed by atoms with E-state index >= 15 is 0 Å². The number of carbonyl (C=O) groups is 1. The van der Waals surface area contributed by atoms with Crippen LogP contribution in [0.4, 0.5) is 33.7 Å². The van der Waals surface area contributed by atoms with Crippen molar-refractivity contribution in [3.05, 3.63) is 89.7 Å². The standard InChI is InChI=1S/C24H21F4N3O3S/c25-19-9-11-22(12-10-19)35(33,34)29-20-3-1-4-21(15-20)31-14-2-13-30(23(31)32)16-17-5-7-18(8-6-17)24(26,27)28/h1,3-12,15,29H,2,13-14,16H2. The van der Waals surface area contributed by atoms with Gasteiger partial charge in [-0.25, -0.2) is 17.6 Å². The van der Waals surface area contributed by atoms with Gasteiger partial charge in [0.05, 0.1) is 16.1 Å². The zero-order chi connectivity index (χ0) is 25.2. The second-order valence-electron chi connectivity index (χ2n) is 8.01. The number of sulfonamides is 1. The molecule has 0 radical (unpaired) electrons. The molecular formula is C24H21F4N3O3S. The molecule has 1 saturated heterocycles. The summed E-state index contributed by atoms with van der Waals surface area (Å²) in [6.45, 7) is 0.980. The molecule has 0 atom stereocenters. The Morgan fingerprint density at radius 1 is 0.914 bits per heavy atom. The van der Waals surface area contributed by atoms with Crippen molar-refractivity contribution in [2.45, 2.75) is 24.0 Å². The molecule has 3 aromatic carbocycles. The number of urea groups is 1. The van der Waals surface area contributed by atoms with Gasteiger partial charge in [-0.3, -0.25) is 9.62 Å². The quantitative estimate of drug-likeness (QED) is 0.450. The first-order valence-corrected chi connectivity index (χ1v) is 12.1. The monoisotopic (exact) mass is 507 g/mol. The highest BCUT2D eigenvalue weighted by Crippen LogP contribution is 2.30. The van der Waals surface area contributed by atoms with Gasteiger partial charge in [-0.1, -0.05) is 18.2 Å². The van der Waals surface area contributed by atoms with Gasteiger partial charge in [0.25, 0.3) is 10.0 Å². The van der Waals surface area contributed by atoms with E-state index in [1.54, 1.807) is 12.1 Å². The molecule has 4 rings (SSSR count). The molecule has 6 nitrogen and oxygen atoms in total. The van der Waals surface area contributed by atoms with Crippen LogP contribution in [0.3, 0.4) is 0 Å². The lowest BCUT2D eigenvalue weighted by molar-refractivity contribution is -0.137. The number of alkyl halides is 3. The van der Waals surface area contributed by atoms with Crippen molar-refractivity contribution in [3.8, 4) is 0 Å². The van der Waals surface area contributed by atoms with E-state index < -0.39 is 27.6 Å². The smallest absolute Gasteiger partial charge is 0.320 e. The number of amides is 2. The molecule has 1 aliphatic rings. The number of anilines is 2. The number of rotatable bonds is 6. The van der Waals surface area contributed by atoms with E-state index in [9.17, 15) is 30.8 Å². The van der Waals surface area contributed by atoms with E-state index in [1.807, 2.05) is 0 Å². The first-order chi connectivity index (χ1) is 16.5. The van der Waals surface area contributed by atoms with E-state index in [0.29, 0.717) is 30.8 Å². The molecule has 0 spiro atoms. The molecule has 0 saturated carbocycles. The van der Waals surface area contributed by atoms with Crippen molar-refractivity contribution >= 4 is 27.4 Å². The van der Waals surface area contributed by atoms with Crippen LogP contribution in [0, 0.1) is 5.82 Å². The lowest BCUT2D eigenvalue weighted by Gasteiger charge is -2.36. The number of nitrogens with one attached hydrogen (secondary N) is 1. The summed E-state index contributed by atoms with van der Waals surface area (Å²) in [7, 11) is -3.97. The highest BCUT2D eigenvalue weighted by Gasteiger charge is 2.31. The summed E-state index contributed by atoms with van der Waals surface area (Å²) in [4.78, 5) is 16.0. The zero-order valence-electron chi connectivity index (χ0n) is 18.3. The van der Waals surface area contributed by atoms with Crippen LogP contribution in [0.25, 0.3) is 0 Å². The fourth-order valence-electron chi connectivity index (χ4n) is 3.75. The molecule has 11 heteroatoms. The maximum Gasteiger partial charge on any atom is 0.416 e. The van der Waals surface area contributed by atoms with Gasteiger partial charge in [0.15, 0.2) is 0 Å². The Morgan fingerprint density at radius 3 is 2.26 bits per heavy atom. The molecule has 1 N–H and O–H groups in total. The van der Waals surface area contributed by atoms with Crippen LogP contribution < -0.4 is 9.62 Å². The molecule has 0 unspecified atom stereocenters. The van der Waals surface area contributed by atoms with Crippen LogP contribution in [-0.4, -0.2) is 32.4 Å². The Kier molecular flexibility index (Phi) is 6.70. The Hall–Kier alpha value is -3.60. The Balaban J connectivity index is 1.48. The molecular weight excluding hydrogens is 486 g/mol. The normalized spacial score (nSPS) is 14.8. The second-order valence-corrected chi connectivity index (χ2v) is 9.70. The maximum absolute atomic E-state index is 13.1. The number of benzene rings is 3. The van der Waals surface area contributed by atoms with Gasteiger partial charge in [0, 0.05) is 25.3 Å². The first-order valence-electron chi connectivity index (χ1n) is 10.6. The number of carbonyl (C=O) groups excluding carboxylic acids is 1. The van der Waals surface area contributed by atoms with Crippen molar-refractivity contribution in [3.63, 3.8) is 0 Å².